The van der Waals surface area contributed by atoms with Gasteiger partial charge in [-0.25, -0.2) is 8.42 Å². The number of para-hydroxylation sites is 1. The van der Waals surface area contributed by atoms with Gasteiger partial charge in [0.25, 0.3) is 5.91 Å². The molecule has 1 saturated heterocycles. The van der Waals surface area contributed by atoms with Crippen molar-refractivity contribution in [2.45, 2.75) is 30.2 Å². The van der Waals surface area contributed by atoms with Crippen molar-refractivity contribution in [1.82, 2.24) is 9.62 Å². The summed E-state index contributed by atoms with van der Waals surface area (Å²) in [5.74, 6) is -0.559. The Morgan fingerprint density at radius 2 is 1.66 bits per heavy atom. The van der Waals surface area contributed by atoms with Gasteiger partial charge >= 0.3 is 0 Å². The molecule has 0 saturated carbocycles. The minimum atomic E-state index is -3.53. The number of hydrogen-bond acceptors (Lipinski definition) is 4. The van der Waals surface area contributed by atoms with Crippen LogP contribution in [0.15, 0.2) is 53.4 Å². The highest BCUT2D eigenvalue weighted by atomic mass is 32.2. The van der Waals surface area contributed by atoms with E-state index in [1.54, 1.807) is 7.05 Å². The first kappa shape index (κ1) is 19.6. The second-order valence-corrected chi connectivity index (χ2v) is 9.21. The van der Waals surface area contributed by atoms with E-state index in [-0.39, 0.29) is 16.7 Å². The smallest absolute Gasteiger partial charge is 0.259 e. The number of hydrogen-bond donors (Lipinski definition) is 1. The molecule has 0 radical (unpaired) electrons. The average molecular weight is 413 g/mol. The van der Waals surface area contributed by atoms with Crippen molar-refractivity contribution in [2.75, 3.05) is 25.0 Å². The molecule has 29 heavy (non-hydrogen) atoms. The van der Waals surface area contributed by atoms with E-state index in [9.17, 15) is 18.0 Å². The fourth-order valence-electron chi connectivity index (χ4n) is 4.00. The number of likely N-dealkylation sites (N-methyl/N-ethyl adjacent to an activating group) is 1. The third kappa shape index (κ3) is 3.42. The van der Waals surface area contributed by atoms with Gasteiger partial charge < -0.3 is 5.32 Å². The Bertz CT molecular complexity index is 1040. The molecule has 0 aliphatic carbocycles. The van der Waals surface area contributed by atoms with Crippen LogP contribution < -0.4 is 10.2 Å². The summed E-state index contributed by atoms with van der Waals surface area (Å²) in [4.78, 5) is 27.3. The lowest BCUT2D eigenvalue weighted by atomic mass is 10.1. The van der Waals surface area contributed by atoms with E-state index in [0.717, 1.165) is 18.4 Å². The molecular weight excluding hydrogens is 390 g/mol. The van der Waals surface area contributed by atoms with Crippen molar-refractivity contribution in [3.05, 3.63) is 59.7 Å². The number of carbonyl (C=O) groups excluding carboxylic acids is 2. The Morgan fingerprint density at radius 3 is 2.31 bits per heavy atom. The van der Waals surface area contributed by atoms with E-state index in [2.05, 4.69) is 5.32 Å². The topological polar surface area (TPSA) is 86.8 Å². The molecule has 0 bridgehead atoms. The molecule has 1 fully saturated rings. The van der Waals surface area contributed by atoms with Crippen LogP contribution >= 0.6 is 0 Å². The number of carbonyl (C=O) groups is 2. The Hall–Kier alpha value is -2.71. The summed E-state index contributed by atoms with van der Waals surface area (Å²) in [6.45, 7) is 1.06. The Balaban J connectivity index is 1.64. The summed E-state index contributed by atoms with van der Waals surface area (Å²) in [5.41, 5.74) is 1.98. The fourth-order valence-corrected chi connectivity index (χ4v) is 5.52. The summed E-state index contributed by atoms with van der Waals surface area (Å²) in [5, 5.41) is 2.62. The lowest BCUT2D eigenvalue weighted by Gasteiger charge is -2.24. The molecule has 8 heteroatoms. The Labute approximate surface area is 170 Å². The van der Waals surface area contributed by atoms with E-state index in [1.165, 1.54) is 33.5 Å². The number of nitrogens with one attached hydrogen (secondary N) is 1. The molecule has 2 amide bonds. The van der Waals surface area contributed by atoms with Gasteiger partial charge in [-0.2, -0.15) is 4.31 Å². The zero-order chi connectivity index (χ0) is 20.6. The molecule has 2 aliphatic rings. The number of sulfonamides is 1. The Morgan fingerprint density at radius 1 is 1.00 bits per heavy atom. The first-order valence-corrected chi connectivity index (χ1v) is 11.1. The fraction of sp³-hybridized carbons (Fsp3) is 0.333. The molecule has 152 valence electrons. The van der Waals surface area contributed by atoms with Gasteiger partial charge in [0.05, 0.1) is 4.90 Å². The summed E-state index contributed by atoms with van der Waals surface area (Å²) < 4.78 is 26.9. The predicted molar refractivity (Wildman–Crippen MR) is 109 cm³/mol. The normalized spacial score (nSPS) is 19.2. The zero-order valence-electron chi connectivity index (χ0n) is 16.2. The third-order valence-electron chi connectivity index (χ3n) is 5.55. The number of amides is 2. The molecule has 2 aliphatic heterocycles. The van der Waals surface area contributed by atoms with Crippen LogP contribution in [-0.4, -0.2) is 50.7 Å². The van der Waals surface area contributed by atoms with Crippen LogP contribution in [0, 0.1) is 0 Å². The van der Waals surface area contributed by atoms with Crippen molar-refractivity contribution >= 4 is 27.5 Å². The number of nitrogens with zero attached hydrogens (tertiary/aromatic N) is 2. The second kappa shape index (κ2) is 7.61. The molecular formula is C21H23N3O4S. The second-order valence-electron chi connectivity index (χ2n) is 7.27. The van der Waals surface area contributed by atoms with Crippen molar-refractivity contribution in [1.29, 1.82) is 0 Å². The quantitative estimate of drug-likeness (QED) is 0.828. The molecule has 1 atom stereocenters. The van der Waals surface area contributed by atoms with Crippen LogP contribution in [0.4, 0.5) is 5.69 Å². The van der Waals surface area contributed by atoms with Crippen molar-refractivity contribution in [2.24, 2.45) is 0 Å². The minimum absolute atomic E-state index is 0.181. The summed E-state index contributed by atoms with van der Waals surface area (Å²) in [7, 11) is -1.99. The van der Waals surface area contributed by atoms with Crippen LogP contribution in [0.1, 0.15) is 28.8 Å². The van der Waals surface area contributed by atoms with Gasteiger partial charge in [-0.05, 0) is 48.7 Å². The first-order valence-electron chi connectivity index (χ1n) is 9.67. The van der Waals surface area contributed by atoms with Crippen LogP contribution in [0.2, 0.25) is 0 Å². The molecule has 4 rings (SSSR count). The highest BCUT2D eigenvalue weighted by Crippen LogP contribution is 2.33. The van der Waals surface area contributed by atoms with E-state index in [1.807, 2.05) is 24.3 Å². The van der Waals surface area contributed by atoms with E-state index >= 15 is 0 Å². The molecule has 2 aromatic carbocycles. The third-order valence-corrected chi connectivity index (χ3v) is 7.46. The first-order chi connectivity index (χ1) is 13.9. The molecule has 0 spiro atoms. The van der Waals surface area contributed by atoms with Crippen molar-refractivity contribution < 1.29 is 18.0 Å². The van der Waals surface area contributed by atoms with Gasteiger partial charge in [0.15, 0.2) is 0 Å². The van der Waals surface area contributed by atoms with Gasteiger partial charge in [-0.15, -0.1) is 0 Å². The SMILES string of the molecule is CNC(=O)[C@@H]1Cc2ccccc2N1C(=O)c1ccc(S(=O)(=O)N2CCCC2)cc1. The Kier molecular flexibility index (Phi) is 5.14. The average Bonchev–Trinajstić information content (AvgIpc) is 3.41. The molecule has 0 unspecified atom stereocenters. The van der Waals surface area contributed by atoms with Gasteiger partial charge in [0.1, 0.15) is 6.04 Å². The molecule has 2 heterocycles. The van der Waals surface area contributed by atoms with Crippen LogP contribution in [0.3, 0.4) is 0 Å². The highest BCUT2D eigenvalue weighted by Gasteiger charge is 2.38. The van der Waals surface area contributed by atoms with E-state index in [0.29, 0.717) is 30.8 Å². The summed E-state index contributed by atoms with van der Waals surface area (Å²) >= 11 is 0. The monoisotopic (exact) mass is 413 g/mol. The molecule has 7 nitrogen and oxygen atoms in total. The number of fused-ring (bicyclic) bond motifs is 1. The number of anilines is 1. The van der Waals surface area contributed by atoms with E-state index < -0.39 is 16.1 Å². The maximum atomic E-state index is 13.2. The van der Waals surface area contributed by atoms with Gasteiger partial charge in [0, 0.05) is 37.8 Å². The van der Waals surface area contributed by atoms with Crippen LogP contribution in [0.5, 0.6) is 0 Å². The van der Waals surface area contributed by atoms with Crippen LogP contribution in [-0.2, 0) is 21.2 Å². The van der Waals surface area contributed by atoms with Crippen molar-refractivity contribution in [3.8, 4) is 0 Å². The maximum absolute atomic E-state index is 13.2. The van der Waals surface area contributed by atoms with Crippen molar-refractivity contribution in [3.63, 3.8) is 0 Å². The summed E-state index contributed by atoms with van der Waals surface area (Å²) in [6.07, 6.45) is 2.18. The number of rotatable bonds is 4. The lowest BCUT2D eigenvalue weighted by molar-refractivity contribution is -0.121. The lowest BCUT2D eigenvalue weighted by Crippen LogP contribution is -2.47. The van der Waals surface area contributed by atoms with Gasteiger partial charge in [0.2, 0.25) is 15.9 Å². The molecule has 0 aromatic heterocycles. The largest absolute Gasteiger partial charge is 0.357 e. The maximum Gasteiger partial charge on any atom is 0.259 e. The van der Waals surface area contributed by atoms with Gasteiger partial charge in [-0.1, -0.05) is 18.2 Å². The van der Waals surface area contributed by atoms with Crippen LogP contribution in [0.25, 0.3) is 0 Å². The predicted octanol–water partition coefficient (Wildman–Crippen LogP) is 1.79. The molecule has 2 aromatic rings. The standard InChI is InChI=1S/C21H23N3O4S/c1-22-20(25)19-14-16-6-2-3-7-18(16)24(19)21(26)15-8-10-17(11-9-15)29(27,28)23-12-4-5-13-23/h2-3,6-11,19H,4-5,12-14H2,1H3,(H,22,25)/t19-/m0/s1. The zero-order valence-corrected chi connectivity index (χ0v) is 17.0. The van der Waals surface area contributed by atoms with Gasteiger partial charge in [-0.3, -0.25) is 14.5 Å². The van der Waals surface area contributed by atoms with E-state index in [4.69, 9.17) is 0 Å². The number of benzene rings is 2. The molecule has 1 N–H and O–H groups in total. The minimum Gasteiger partial charge on any atom is -0.357 e. The highest BCUT2D eigenvalue weighted by molar-refractivity contribution is 7.89. The summed E-state index contributed by atoms with van der Waals surface area (Å²) in [6, 6.07) is 12.8.